The Bertz CT molecular complexity index is 998. The van der Waals surface area contributed by atoms with Crippen LogP contribution in [0.4, 0.5) is 0 Å². The average Bonchev–Trinajstić information content (AvgIpc) is 3.53. The summed E-state index contributed by atoms with van der Waals surface area (Å²) in [7, 11) is 0. The van der Waals surface area contributed by atoms with Crippen LogP contribution in [0.3, 0.4) is 0 Å². The number of likely N-dealkylation sites (tertiary alicyclic amines) is 1. The zero-order valence-electron chi connectivity index (χ0n) is 19.2. The molecule has 2 aliphatic rings. The maximum absolute atomic E-state index is 12.9. The van der Waals surface area contributed by atoms with Gasteiger partial charge in [0.25, 0.3) is 11.8 Å². The molecule has 1 fully saturated rings. The van der Waals surface area contributed by atoms with Gasteiger partial charge in [-0.15, -0.1) is 11.8 Å². The molecular formula is C27H32N2O4S. The van der Waals surface area contributed by atoms with Gasteiger partial charge in [-0.25, -0.2) is 0 Å². The fourth-order valence-electron chi connectivity index (χ4n) is 4.68. The normalized spacial score (nSPS) is 21.7. The predicted molar refractivity (Wildman–Crippen MR) is 134 cm³/mol. The Labute approximate surface area is 205 Å². The molecule has 2 heterocycles. The molecule has 180 valence electrons. The number of thioether (sulfide) groups is 1. The highest BCUT2D eigenvalue weighted by molar-refractivity contribution is 8.03. The zero-order chi connectivity index (χ0) is 23.9. The van der Waals surface area contributed by atoms with Gasteiger partial charge in [-0.2, -0.15) is 0 Å². The second-order valence-electron chi connectivity index (χ2n) is 8.97. The molecule has 7 heteroatoms. The Morgan fingerprint density at radius 3 is 2.47 bits per heavy atom. The summed E-state index contributed by atoms with van der Waals surface area (Å²) in [6.45, 7) is 0.887. The number of allylic oxidation sites excluding steroid dienone is 1. The van der Waals surface area contributed by atoms with E-state index in [0.29, 0.717) is 18.3 Å². The van der Waals surface area contributed by atoms with Crippen LogP contribution in [-0.2, 0) is 16.0 Å². The van der Waals surface area contributed by atoms with Crippen LogP contribution in [0.25, 0.3) is 0 Å². The zero-order valence-corrected chi connectivity index (χ0v) is 20.0. The van der Waals surface area contributed by atoms with E-state index >= 15 is 0 Å². The maximum Gasteiger partial charge on any atom is 0.255 e. The number of rotatable bonds is 9. The molecule has 0 radical (unpaired) electrons. The Hall–Kier alpha value is -2.61. The highest BCUT2D eigenvalue weighted by atomic mass is 32.2. The van der Waals surface area contributed by atoms with E-state index in [1.54, 1.807) is 16.7 Å². The van der Waals surface area contributed by atoms with Gasteiger partial charge in [-0.3, -0.25) is 9.59 Å². The smallest absolute Gasteiger partial charge is 0.255 e. The molecule has 2 amide bonds. The van der Waals surface area contributed by atoms with Crippen LogP contribution in [0.15, 0.2) is 71.6 Å². The predicted octanol–water partition coefficient (Wildman–Crippen LogP) is 3.21. The third-order valence-corrected chi connectivity index (χ3v) is 7.75. The quantitative estimate of drug-likeness (QED) is 0.513. The molecular weight excluding hydrogens is 448 g/mol. The molecule has 6 nitrogen and oxygen atoms in total. The van der Waals surface area contributed by atoms with Crippen LogP contribution in [0.2, 0.25) is 0 Å². The van der Waals surface area contributed by atoms with Crippen molar-refractivity contribution in [2.24, 2.45) is 0 Å². The lowest BCUT2D eigenvalue weighted by Crippen LogP contribution is -2.50. The van der Waals surface area contributed by atoms with E-state index in [-0.39, 0.29) is 6.04 Å². The van der Waals surface area contributed by atoms with Crippen LogP contribution in [-0.4, -0.2) is 57.5 Å². The molecule has 3 N–H and O–H groups in total. The van der Waals surface area contributed by atoms with Gasteiger partial charge in [0, 0.05) is 18.3 Å². The van der Waals surface area contributed by atoms with Crippen molar-refractivity contribution in [3.05, 3.63) is 82.8 Å². The first kappa shape index (κ1) is 24.5. The molecule has 1 saturated heterocycles. The van der Waals surface area contributed by atoms with E-state index < -0.39 is 24.0 Å². The van der Waals surface area contributed by atoms with Crippen molar-refractivity contribution in [2.45, 2.75) is 55.6 Å². The lowest BCUT2D eigenvalue weighted by atomic mass is 10.0. The molecule has 2 aromatic rings. The number of nitrogens with zero attached hydrogens (tertiary/aromatic N) is 1. The second kappa shape index (κ2) is 11.7. The second-order valence-corrected chi connectivity index (χ2v) is 10.1. The first-order valence-corrected chi connectivity index (χ1v) is 12.8. The molecule has 2 aromatic carbocycles. The summed E-state index contributed by atoms with van der Waals surface area (Å²) in [5.74, 6) is -1.31. The lowest BCUT2D eigenvalue weighted by molar-refractivity contribution is -0.153. The highest BCUT2D eigenvalue weighted by Gasteiger charge is 2.38. The number of nitrogens with one attached hydrogen (secondary N) is 1. The number of aliphatic hydroxyl groups is 2. The van der Waals surface area contributed by atoms with Gasteiger partial charge in [0.2, 0.25) is 0 Å². The number of amides is 2. The number of carbonyl (C=O) groups is 2. The standard InChI is InChI=1S/C27H32N2O4S/c30-24(25(31)27(33)29-15-7-12-23(29)21-10-5-2-6-11-21)26(32)28-14-13-22-17-20(18-34-22)16-19-8-3-1-4-9-19/h1-6,8-11,18,22-25,30-31H,7,12-17H2,(H,28,32)/t22?,23-,24-,25-/m1/s1. The summed E-state index contributed by atoms with van der Waals surface area (Å²) in [5, 5.41) is 26.1. The van der Waals surface area contributed by atoms with Gasteiger partial charge in [0.05, 0.1) is 6.04 Å². The molecule has 0 spiro atoms. The topological polar surface area (TPSA) is 89.9 Å². The van der Waals surface area contributed by atoms with Gasteiger partial charge >= 0.3 is 0 Å². The number of benzene rings is 2. The van der Waals surface area contributed by atoms with Crippen molar-refractivity contribution >= 4 is 23.6 Å². The molecule has 0 aromatic heterocycles. The van der Waals surface area contributed by atoms with E-state index in [4.69, 9.17) is 0 Å². The first-order valence-electron chi connectivity index (χ1n) is 11.9. The maximum atomic E-state index is 12.9. The highest BCUT2D eigenvalue weighted by Crippen LogP contribution is 2.34. The lowest BCUT2D eigenvalue weighted by Gasteiger charge is -2.28. The number of aliphatic hydroxyl groups excluding tert-OH is 2. The van der Waals surface area contributed by atoms with Gasteiger partial charge in [0.1, 0.15) is 0 Å². The van der Waals surface area contributed by atoms with E-state index in [2.05, 4.69) is 22.9 Å². The summed E-state index contributed by atoms with van der Waals surface area (Å²) in [6.07, 6.45) is 0.712. The number of hydrogen-bond acceptors (Lipinski definition) is 5. The fourth-order valence-corrected chi connectivity index (χ4v) is 5.81. The third kappa shape index (κ3) is 6.09. The molecule has 0 aliphatic carbocycles. The molecule has 0 bridgehead atoms. The summed E-state index contributed by atoms with van der Waals surface area (Å²) in [4.78, 5) is 26.9. The van der Waals surface area contributed by atoms with Crippen LogP contribution in [0, 0.1) is 0 Å². The molecule has 0 saturated carbocycles. The minimum atomic E-state index is -1.78. The van der Waals surface area contributed by atoms with Crippen LogP contribution in [0.1, 0.15) is 42.9 Å². The largest absolute Gasteiger partial charge is 0.380 e. The summed E-state index contributed by atoms with van der Waals surface area (Å²) >= 11 is 1.77. The molecule has 4 atom stereocenters. The summed E-state index contributed by atoms with van der Waals surface area (Å²) in [6, 6.07) is 19.8. The van der Waals surface area contributed by atoms with Crippen LogP contribution >= 0.6 is 11.8 Å². The fraction of sp³-hybridized carbons (Fsp3) is 0.407. The monoisotopic (exact) mass is 480 g/mol. The van der Waals surface area contributed by atoms with Gasteiger partial charge in [0.15, 0.2) is 12.2 Å². The third-order valence-electron chi connectivity index (χ3n) is 6.50. The SMILES string of the molecule is O=C(NCCC1CC(Cc2ccccc2)=CS1)[C@H](O)[C@@H](O)C(=O)N1CCC[C@@H]1c1ccccc1. The Morgan fingerprint density at radius 2 is 1.74 bits per heavy atom. The Balaban J connectivity index is 1.21. The molecule has 2 aliphatic heterocycles. The van der Waals surface area contributed by atoms with E-state index in [1.165, 1.54) is 11.1 Å². The van der Waals surface area contributed by atoms with Crippen LogP contribution in [0.5, 0.6) is 0 Å². The molecule has 34 heavy (non-hydrogen) atoms. The van der Waals surface area contributed by atoms with E-state index in [9.17, 15) is 19.8 Å². The molecule has 4 rings (SSSR count). The van der Waals surface area contributed by atoms with Crippen molar-refractivity contribution in [3.8, 4) is 0 Å². The first-order chi connectivity index (χ1) is 16.5. The van der Waals surface area contributed by atoms with Crippen LogP contribution < -0.4 is 5.32 Å². The van der Waals surface area contributed by atoms with Crippen molar-refractivity contribution < 1.29 is 19.8 Å². The van der Waals surface area contributed by atoms with Crippen molar-refractivity contribution in [2.75, 3.05) is 13.1 Å². The minimum Gasteiger partial charge on any atom is -0.380 e. The number of carbonyl (C=O) groups excluding carboxylic acids is 2. The van der Waals surface area contributed by atoms with Gasteiger partial charge < -0.3 is 20.4 Å². The van der Waals surface area contributed by atoms with E-state index in [0.717, 1.165) is 37.7 Å². The Kier molecular flexibility index (Phi) is 8.43. The Morgan fingerprint density at radius 1 is 1.03 bits per heavy atom. The van der Waals surface area contributed by atoms with Crippen molar-refractivity contribution in [3.63, 3.8) is 0 Å². The summed E-state index contributed by atoms with van der Waals surface area (Å²) in [5.41, 5.74) is 3.67. The minimum absolute atomic E-state index is 0.143. The van der Waals surface area contributed by atoms with Gasteiger partial charge in [-0.1, -0.05) is 66.2 Å². The van der Waals surface area contributed by atoms with Crippen molar-refractivity contribution in [1.29, 1.82) is 0 Å². The number of hydrogen-bond donors (Lipinski definition) is 3. The average molecular weight is 481 g/mol. The van der Waals surface area contributed by atoms with E-state index in [1.807, 2.05) is 48.5 Å². The van der Waals surface area contributed by atoms with Gasteiger partial charge in [-0.05, 0) is 48.6 Å². The summed E-state index contributed by atoms with van der Waals surface area (Å²) < 4.78 is 0. The molecule has 1 unspecified atom stereocenters. The van der Waals surface area contributed by atoms with Crippen molar-refractivity contribution in [1.82, 2.24) is 10.2 Å².